The Balaban J connectivity index is 1.70. The minimum absolute atomic E-state index is 0.0366. The number of aryl methyl sites for hydroxylation is 2. The highest BCUT2D eigenvalue weighted by molar-refractivity contribution is 5.94. The maximum atomic E-state index is 11.9. The molecule has 6 heteroatoms. The summed E-state index contributed by atoms with van der Waals surface area (Å²) in [4.78, 5) is 19.1. The standard InChI is InChI=1S/C25H34N4O2/c1-5-26-24(30)21-10-8-20(9-11-21)16-28-25(27-6-2)29-13-14-31-23(17-29)22-12-7-18(3)15-19(22)4/h7-12,15,23H,5-6,13-14,16-17H2,1-4H3,(H,26,30)(H,27,28). The van der Waals surface area contributed by atoms with Crippen LogP contribution in [0, 0.1) is 13.8 Å². The molecule has 0 aromatic heterocycles. The Hall–Kier alpha value is -2.86. The quantitative estimate of drug-likeness (QED) is 0.552. The highest BCUT2D eigenvalue weighted by Gasteiger charge is 2.25. The minimum atomic E-state index is -0.0448. The molecule has 0 radical (unpaired) electrons. The van der Waals surface area contributed by atoms with Gasteiger partial charge < -0.3 is 20.3 Å². The van der Waals surface area contributed by atoms with Gasteiger partial charge in [0.05, 0.1) is 19.7 Å². The molecule has 1 amide bonds. The summed E-state index contributed by atoms with van der Waals surface area (Å²) in [5, 5.41) is 6.24. The van der Waals surface area contributed by atoms with Crippen molar-refractivity contribution < 1.29 is 9.53 Å². The molecule has 3 rings (SSSR count). The number of amides is 1. The Labute approximate surface area is 185 Å². The van der Waals surface area contributed by atoms with Crippen LogP contribution in [0.3, 0.4) is 0 Å². The summed E-state index contributed by atoms with van der Waals surface area (Å²) < 4.78 is 6.10. The Kier molecular flexibility index (Phi) is 8.06. The second-order valence-corrected chi connectivity index (χ2v) is 7.89. The first-order valence-electron chi connectivity index (χ1n) is 11.1. The number of hydrogen-bond acceptors (Lipinski definition) is 3. The van der Waals surface area contributed by atoms with Crippen LogP contribution < -0.4 is 10.6 Å². The number of hydrogen-bond donors (Lipinski definition) is 2. The fourth-order valence-corrected chi connectivity index (χ4v) is 3.83. The molecule has 2 aromatic carbocycles. The van der Waals surface area contributed by atoms with Crippen LogP contribution in [0.25, 0.3) is 0 Å². The second kappa shape index (κ2) is 11.0. The van der Waals surface area contributed by atoms with Gasteiger partial charge >= 0.3 is 0 Å². The fourth-order valence-electron chi connectivity index (χ4n) is 3.83. The van der Waals surface area contributed by atoms with E-state index >= 15 is 0 Å². The number of morpholine rings is 1. The van der Waals surface area contributed by atoms with Gasteiger partial charge in [0.2, 0.25) is 0 Å². The van der Waals surface area contributed by atoms with Crippen LogP contribution in [-0.4, -0.2) is 49.6 Å². The Bertz CT molecular complexity index is 908. The van der Waals surface area contributed by atoms with Crippen molar-refractivity contribution in [2.24, 2.45) is 4.99 Å². The second-order valence-electron chi connectivity index (χ2n) is 7.89. The summed E-state index contributed by atoms with van der Waals surface area (Å²) in [6, 6.07) is 14.2. The number of ether oxygens (including phenoxy) is 1. The largest absolute Gasteiger partial charge is 0.370 e. The lowest BCUT2D eigenvalue weighted by molar-refractivity contribution is -0.00834. The average Bonchev–Trinajstić information content (AvgIpc) is 2.77. The molecule has 1 aliphatic heterocycles. The number of benzene rings is 2. The topological polar surface area (TPSA) is 66.0 Å². The summed E-state index contributed by atoms with van der Waals surface area (Å²) >= 11 is 0. The van der Waals surface area contributed by atoms with E-state index < -0.39 is 0 Å². The number of nitrogens with zero attached hydrogens (tertiary/aromatic N) is 2. The van der Waals surface area contributed by atoms with E-state index in [2.05, 4.69) is 54.5 Å². The Morgan fingerprint density at radius 1 is 1.10 bits per heavy atom. The van der Waals surface area contributed by atoms with E-state index in [0.29, 0.717) is 25.3 Å². The van der Waals surface area contributed by atoms with E-state index in [4.69, 9.17) is 9.73 Å². The first-order valence-corrected chi connectivity index (χ1v) is 11.1. The maximum absolute atomic E-state index is 11.9. The van der Waals surface area contributed by atoms with E-state index in [1.807, 2.05) is 31.2 Å². The lowest BCUT2D eigenvalue weighted by atomic mass is 10.00. The van der Waals surface area contributed by atoms with Crippen LogP contribution in [0.1, 0.15) is 52.6 Å². The van der Waals surface area contributed by atoms with Crippen LogP contribution in [0.4, 0.5) is 0 Å². The third kappa shape index (κ3) is 6.07. The number of nitrogens with one attached hydrogen (secondary N) is 2. The van der Waals surface area contributed by atoms with Crippen molar-refractivity contribution in [3.8, 4) is 0 Å². The summed E-state index contributed by atoms with van der Waals surface area (Å²) in [5.41, 5.74) is 5.52. The van der Waals surface area contributed by atoms with Gasteiger partial charge in [-0.05, 0) is 56.5 Å². The molecule has 1 fully saturated rings. The number of guanidine groups is 1. The average molecular weight is 423 g/mol. The maximum Gasteiger partial charge on any atom is 0.251 e. The van der Waals surface area contributed by atoms with Gasteiger partial charge in [0.15, 0.2) is 5.96 Å². The molecule has 1 heterocycles. The van der Waals surface area contributed by atoms with Crippen molar-refractivity contribution in [2.45, 2.75) is 40.3 Å². The molecule has 1 aliphatic rings. The van der Waals surface area contributed by atoms with Gasteiger partial charge in [-0.1, -0.05) is 35.9 Å². The van der Waals surface area contributed by atoms with Crippen LogP contribution in [0.15, 0.2) is 47.5 Å². The number of aliphatic imine (C=N–C) groups is 1. The summed E-state index contributed by atoms with van der Waals surface area (Å²) in [5.74, 6) is 0.852. The summed E-state index contributed by atoms with van der Waals surface area (Å²) in [7, 11) is 0. The zero-order valence-electron chi connectivity index (χ0n) is 19.1. The number of rotatable bonds is 6. The molecule has 0 bridgehead atoms. The van der Waals surface area contributed by atoms with E-state index in [9.17, 15) is 4.79 Å². The van der Waals surface area contributed by atoms with Crippen molar-refractivity contribution in [1.29, 1.82) is 0 Å². The van der Waals surface area contributed by atoms with E-state index in [0.717, 1.165) is 31.2 Å². The van der Waals surface area contributed by atoms with Gasteiger partial charge in [-0.3, -0.25) is 4.79 Å². The molecule has 2 N–H and O–H groups in total. The van der Waals surface area contributed by atoms with Gasteiger partial charge in [-0.25, -0.2) is 4.99 Å². The third-order valence-electron chi connectivity index (χ3n) is 5.44. The van der Waals surface area contributed by atoms with Crippen LogP contribution in [0.2, 0.25) is 0 Å². The van der Waals surface area contributed by atoms with E-state index in [1.54, 1.807) is 0 Å². The number of carbonyl (C=O) groups excluding carboxylic acids is 1. The van der Waals surface area contributed by atoms with Gasteiger partial charge in [0, 0.05) is 25.2 Å². The molecule has 166 valence electrons. The molecule has 1 unspecified atom stereocenters. The van der Waals surface area contributed by atoms with Gasteiger partial charge in [0.25, 0.3) is 5.91 Å². The summed E-state index contributed by atoms with van der Waals surface area (Å²) in [6.07, 6.45) is 0.0366. The van der Waals surface area contributed by atoms with Gasteiger partial charge in [-0.2, -0.15) is 0 Å². The first kappa shape index (κ1) is 22.8. The molecule has 1 saturated heterocycles. The summed E-state index contributed by atoms with van der Waals surface area (Å²) in [6.45, 7) is 12.5. The van der Waals surface area contributed by atoms with Crippen LogP contribution in [0.5, 0.6) is 0 Å². The molecule has 0 spiro atoms. The Morgan fingerprint density at radius 3 is 2.52 bits per heavy atom. The zero-order valence-corrected chi connectivity index (χ0v) is 19.1. The molecule has 0 saturated carbocycles. The minimum Gasteiger partial charge on any atom is -0.370 e. The van der Waals surface area contributed by atoms with Crippen molar-refractivity contribution >= 4 is 11.9 Å². The van der Waals surface area contributed by atoms with Crippen molar-refractivity contribution in [3.05, 3.63) is 70.3 Å². The van der Waals surface area contributed by atoms with E-state index in [-0.39, 0.29) is 12.0 Å². The highest BCUT2D eigenvalue weighted by Crippen LogP contribution is 2.26. The fraction of sp³-hybridized carbons (Fsp3) is 0.440. The monoisotopic (exact) mass is 422 g/mol. The van der Waals surface area contributed by atoms with Crippen LogP contribution in [-0.2, 0) is 11.3 Å². The van der Waals surface area contributed by atoms with Crippen molar-refractivity contribution in [1.82, 2.24) is 15.5 Å². The van der Waals surface area contributed by atoms with E-state index in [1.165, 1.54) is 16.7 Å². The molecule has 31 heavy (non-hydrogen) atoms. The third-order valence-corrected chi connectivity index (χ3v) is 5.44. The Morgan fingerprint density at radius 2 is 1.84 bits per heavy atom. The smallest absolute Gasteiger partial charge is 0.251 e. The van der Waals surface area contributed by atoms with Crippen molar-refractivity contribution in [2.75, 3.05) is 32.8 Å². The normalized spacial score (nSPS) is 16.8. The van der Waals surface area contributed by atoms with Gasteiger partial charge in [0.1, 0.15) is 6.10 Å². The lowest BCUT2D eigenvalue weighted by Gasteiger charge is -2.36. The lowest BCUT2D eigenvalue weighted by Crippen LogP contribution is -2.48. The van der Waals surface area contributed by atoms with Crippen LogP contribution >= 0.6 is 0 Å². The van der Waals surface area contributed by atoms with Gasteiger partial charge in [-0.15, -0.1) is 0 Å². The molecule has 0 aliphatic carbocycles. The highest BCUT2D eigenvalue weighted by atomic mass is 16.5. The molecule has 6 nitrogen and oxygen atoms in total. The molecule has 1 atom stereocenters. The predicted octanol–water partition coefficient (Wildman–Crippen LogP) is 3.59. The molecule has 2 aromatic rings. The predicted molar refractivity (Wildman–Crippen MR) is 125 cm³/mol. The SMILES string of the molecule is CCNC(=O)c1ccc(CN=C(NCC)N2CCOC(c3ccc(C)cc3C)C2)cc1. The molecular formula is C25H34N4O2. The molecular weight excluding hydrogens is 388 g/mol. The first-order chi connectivity index (χ1) is 15.0. The zero-order chi connectivity index (χ0) is 22.2. The number of carbonyl (C=O) groups is 1. The van der Waals surface area contributed by atoms with Crippen molar-refractivity contribution in [3.63, 3.8) is 0 Å².